The van der Waals surface area contributed by atoms with E-state index in [1.165, 1.54) is 0 Å². The minimum atomic E-state index is -1.75. The number of aliphatic carboxylic acids is 2. The zero-order chi connectivity index (χ0) is 8.15. The van der Waals surface area contributed by atoms with Gasteiger partial charge >= 0.3 is 11.9 Å². The molecule has 0 aliphatic heterocycles. The Balaban J connectivity index is 3.92. The summed E-state index contributed by atoms with van der Waals surface area (Å²) in [5.41, 5.74) is 0. The van der Waals surface area contributed by atoms with Crippen molar-refractivity contribution in [2.24, 2.45) is 0 Å². The van der Waals surface area contributed by atoms with Crippen LogP contribution in [-0.2, 0) is 9.59 Å². The number of carbonyl (C=O) groups is 2. The average molecular weight is 148 g/mol. The number of hydrogen-bond acceptors (Lipinski definition) is 2. The maximum Gasteiger partial charge on any atom is 0.364 e. The van der Waals surface area contributed by atoms with Gasteiger partial charge in [-0.15, -0.1) is 0 Å². The van der Waals surface area contributed by atoms with Crippen molar-refractivity contribution in [1.29, 1.82) is 0 Å². The van der Waals surface area contributed by atoms with Gasteiger partial charge in [0, 0.05) is 0 Å². The first kappa shape index (κ1) is 8.61. The molecule has 0 bridgehead atoms. The largest absolute Gasteiger partial charge is 0.481 e. The first-order valence-electron chi connectivity index (χ1n) is 2.34. The molecule has 10 heavy (non-hydrogen) atoms. The van der Waals surface area contributed by atoms with Crippen LogP contribution in [-0.4, -0.2) is 22.2 Å². The van der Waals surface area contributed by atoms with Crippen molar-refractivity contribution in [3.05, 3.63) is 11.9 Å². The summed E-state index contributed by atoms with van der Waals surface area (Å²) in [4.78, 5) is 19.4. The molecule has 0 amide bonds. The Bertz CT molecular complexity index is 184. The quantitative estimate of drug-likeness (QED) is 0.568. The van der Waals surface area contributed by atoms with Gasteiger partial charge in [-0.05, 0) is 6.08 Å². The van der Waals surface area contributed by atoms with Gasteiger partial charge in [0.25, 0.3) is 0 Å². The molecular weight excluding hydrogens is 143 g/mol. The van der Waals surface area contributed by atoms with Crippen molar-refractivity contribution in [3.63, 3.8) is 0 Å². The molecule has 0 aromatic carbocycles. The van der Waals surface area contributed by atoms with E-state index in [2.05, 4.69) is 0 Å². The lowest BCUT2D eigenvalue weighted by Gasteiger charge is -1.85. The number of halogens is 1. The van der Waals surface area contributed by atoms with Gasteiger partial charge in [0.15, 0.2) is 0 Å². The molecule has 0 radical (unpaired) electrons. The molecular formula is C5H5FO4. The van der Waals surface area contributed by atoms with Crippen LogP contribution < -0.4 is 0 Å². The molecule has 0 rings (SSSR count). The Kier molecular flexibility index (Phi) is 3.10. The summed E-state index contributed by atoms with van der Waals surface area (Å²) >= 11 is 0. The van der Waals surface area contributed by atoms with E-state index in [4.69, 9.17) is 10.2 Å². The molecule has 0 atom stereocenters. The highest BCUT2D eigenvalue weighted by Crippen LogP contribution is 1.97. The lowest BCUT2D eigenvalue weighted by atomic mass is 10.4. The van der Waals surface area contributed by atoms with Crippen molar-refractivity contribution in [2.75, 3.05) is 0 Å². The van der Waals surface area contributed by atoms with Crippen molar-refractivity contribution >= 4 is 11.9 Å². The summed E-state index contributed by atoms with van der Waals surface area (Å²) in [5.74, 6) is -4.46. The Labute approximate surface area is 55.6 Å². The van der Waals surface area contributed by atoms with Crippen molar-refractivity contribution in [1.82, 2.24) is 0 Å². The first-order valence-corrected chi connectivity index (χ1v) is 2.34. The molecule has 2 N–H and O–H groups in total. The summed E-state index contributed by atoms with van der Waals surface area (Å²) in [6.07, 6.45) is -0.122. The maximum absolute atomic E-state index is 11.9. The molecule has 0 aromatic heterocycles. The lowest BCUT2D eigenvalue weighted by Crippen LogP contribution is -1.97. The normalized spacial score (nSPS) is 11.1. The molecule has 0 saturated carbocycles. The van der Waals surface area contributed by atoms with Crippen LogP contribution >= 0.6 is 0 Å². The number of hydrogen-bond donors (Lipinski definition) is 2. The van der Waals surface area contributed by atoms with E-state index in [0.717, 1.165) is 0 Å². The molecule has 56 valence electrons. The monoisotopic (exact) mass is 148 g/mol. The SMILES string of the molecule is O=C(O)C/C=C(\F)C(=O)O. The molecule has 0 fully saturated rings. The maximum atomic E-state index is 11.9. The second-order valence-corrected chi connectivity index (χ2v) is 1.46. The second-order valence-electron chi connectivity index (χ2n) is 1.46. The van der Waals surface area contributed by atoms with E-state index in [1.807, 2.05) is 0 Å². The third-order valence-electron chi connectivity index (χ3n) is 0.660. The van der Waals surface area contributed by atoms with Crippen molar-refractivity contribution < 1.29 is 24.2 Å². The second kappa shape index (κ2) is 3.60. The molecule has 5 heteroatoms. The van der Waals surface area contributed by atoms with Crippen LogP contribution in [0.2, 0.25) is 0 Å². The fraction of sp³-hybridized carbons (Fsp3) is 0.200. The number of rotatable bonds is 3. The number of carboxylic acids is 2. The van der Waals surface area contributed by atoms with Crippen LogP contribution in [0, 0.1) is 0 Å². The zero-order valence-electron chi connectivity index (χ0n) is 4.87. The van der Waals surface area contributed by atoms with Crippen LogP contribution in [0.4, 0.5) is 4.39 Å². The summed E-state index contributed by atoms with van der Waals surface area (Å²) < 4.78 is 11.9. The lowest BCUT2D eigenvalue weighted by molar-refractivity contribution is -0.136. The topological polar surface area (TPSA) is 74.6 Å². The summed E-state index contributed by atoms with van der Waals surface area (Å²) in [5, 5.41) is 15.8. The van der Waals surface area contributed by atoms with Crippen LogP contribution in [0.3, 0.4) is 0 Å². The van der Waals surface area contributed by atoms with E-state index in [1.54, 1.807) is 0 Å². The van der Waals surface area contributed by atoms with Crippen LogP contribution in [0.15, 0.2) is 11.9 Å². The van der Waals surface area contributed by atoms with E-state index >= 15 is 0 Å². The fourth-order valence-electron chi connectivity index (χ4n) is 0.264. The van der Waals surface area contributed by atoms with Gasteiger partial charge in [-0.25, -0.2) is 4.79 Å². The Morgan fingerprint density at radius 2 is 1.90 bits per heavy atom. The highest BCUT2D eigenvalue weighted by atomic mass is 19.1. The Hall–Kier alpha value is -1.39. The molecule has 0 spiro atoms. The smallest absolute Gasteiger partial charge is 0.364 e. The van der Waals surface area contributed by atoms with Crippen molar-refractivity contribution in [3.8, 4) is 0 Å². The average Bonchev–Trinajstić information content (AvgIpc) is 1.82. The fourth-order valence-corrected chi connectivity index (χ4v) is 0.264. The van der Waals surface area contributed by atoms with Gasteiger partial charge in [0.2, 0.25) is 5.83 Å². The molecule has 0 aliphatic carbocycles. The van der Waals surface area contributed by atoms with Crippen LogP contribution in [0.1, 0.15) is 6.42 Å². The summed E-state index contributed by atoms with van der Waals surface area (Å²) in [6.45, 7) is 0. The zero-order valence-corrected chi connectivity index (χ0v) is 4.87. The van der Waals surface area contributed by atoms with Gasteiger partial charge in [-0.2, -0.15) is 4.39 Å². The van der Waals surface area contributed by atoms with E-state index in [9.17, 15) is 14.0 Å². The first-order chi connectivity index (χ1) is 4.54. The third kappa shape index (κ3) is 3.59. The predicted molar refractivity (Wildman–Crippen MR) is 29.1 cm³/mol. The highest BCUT2D eigenvalue weighted by molar-refractivity contribution is 5.84. The standard InChI is InChI=1S/C5H5FO4/c6-3(5(9)10)1-2-4(7)8/h1H,2H2,(H,7,8)(H,9,10)/b3-1-. The minimum absolute atomic E-state index is 0.491. The van der Waals surface area contributed by atoms with Crippen LogP contribution in [0.5, 0.6) is 0 Å². The van der Waals surface area contributed by atoms with Gasteiger partial charge < -0.3 is 10.2 Å². The minimum Gasteiger partial charge on any atom is -0.481 e. The molecule has 0 saturated heterocycles. The summed E-state index contributed by atoms with van der Waals surface area (Å²) in [7, 11) is 0. The van der Waals surface area contributed by atoms with E-state index in [0.29, 0.717) is 6.08 Å². The van der Waals surface area contributed by atoms with Gasteiger partial charge in [0.1, 0.15) is 0 Å². The van der Waals surface area contributed by atoms with Gasteiger partial charge in [-0.3, -0.25) is 4.79 Å². The Morgan fingerprint density at radius 1 is 1.40 bits per heavy atom. The van der Waals surface area contributed by atoms with Crippen molar-refractivity contribution in [2.45, 2.75) is 6.42 Å². The molecule has 0 heterocycles. The molecule has 0 aromatic rings. The number of carboxylic acid groups (broad SMARTS) is 2. The molecule has 0 unspecified atom stereocenters. The third-order valence-corrected chi connectivity index (χ3v) is 0.660. The van der Waals surface area contributed by atoms with Gasteiger partial charge in [0.05, 0.1) is 6.42 Å². The molecule has 0 aliphatic rings. The van der Waals surface area contributed by atoms with Gasteiger partial charge in [-0.1, -0.05) is 0 Å². The predicted octanol–water partition coefficient (Wildman–Crippen LogP) is 0.399. The van der Waals surface area contributed by atoms with E-state index in [-0.39, 0.29) is 0 Å². The Morgan fingerprint density at radius 3 is 2.20 bits per heavy atom. The molecule has 4 nitrogen and oxygen atoms in total. The summed E-state index contributed by atoms with van der Waals surface area (Å²) in [6, 6.07) is 0. The van der Waals surface area contributed by atoms with Crippen LogP contribution in [0.25, 0.3) is 0 Å². The highest BCUT2D eigenvalue weighted by Gasteiger charge is 2.04. The van der Waals surface area contributed by atoms with E-state index < -0.39 is 24.2 Å².